The van der Waals surface area contributed by atoms with Gasteiger partial charge < -0.3 is 14.6 Å². The van der Waals surface area contributed by atoms with Crippen molar-refractivity contribution in [1.82, 2.24) is 13.3 Å². The highest BCUT2D eigenvalue weighted by molar-refractivity contribution is 8.13. The molecule has 24 nitrogen and oxygen atoms in total. The van der Waals surface area contributed by atoms with Crippen LogP contribution in [0.5, 0.6) is 0 Å². The fraction of sp³-hybridized carbons (Fsp3) is 0.667. The molecule has 3 N–H and O–H groups in total. The van der Waals surface area contributed by atoms with Gasteiger partial charge in [-0.15, -0.1) is 4.49 Å². The van der Waals surface area contributed by atoms with Gasteiger partial charge in [0.15, 0.2) is 11.9 Å². The van der Waals surface area contributed by atoms with Crippen LogP contribution in [-0.4, -0.2) is 127 Å². The largest absolute Gasteiger partial charge is 0.422 e. The molecule has 33 heteroatoms. The summed E-state index contributed by atoms with van der Waals surface area (Å²) < 4.78 is 175. The van der Waals surface area contributed by atoms with Gasteiger partial charge in [0.25, 0.3) is 0 Å². The van der Waals surface area contributed by atoms with Gasteiger partial charge in [0, 0.05) is 50.3 Å². The van der Waals surface area contributed by atoms with E-state index in [1.54, 1.807) is 55.6 Å². The Balaban J connectivity index is -0.000000258. The normalized spacial score (nSPS) is 11.6. The third-order valence-electron chi connectivity index (χ3n) is 5.90. The SMILES string of the molecule is CCO.CCOCC.CCOCC.CCOP(=O)(NS(=O)(=O)COP=O)OCC.CCOP(=O)(OCC)N(Cc1ccccc1)S(=O)(=O)COP=O.CS(=O)(=O)Cl.CS(=O)(=O)NCc1ccccc1. The first-order valence-corrected chi connectivity index (χ1v) is 32.9. The second kappa shape index (κ2) is 46.5. The van der Waals surface area contributed by atoms with E-state index in [1.165, 1.54) is 13.8 Å². The highest BCUT2D eigenvalue weighted by Crippen LogP contribution is 2.54. The van der Waals surface area contributed by atoms with Gasteiger partial charge in [-0.2, -0.15) is 0 Å². The number of aliphatic hydroxyl groups is 1. The second-order valence-corrected chi connectivity index (χ2v) is 25.2. The Labute approximate surface area is 418 Å². The van der Waals surface area contributed by atoms with Crippen LogP contribution in [-0.2, 0) is 107 Å². The average Bonchev–Trinajstić information content (AvgIpc) is 3.25. The molecule has 69 heavy (non-hydrogen) atoms. The predicted molar refractivity (Wildman–Crippen MR) is 268 cm³/mol. The van der Waals surface area contributed by atoms with Crippen molar-refractivity contribution < 1.29 is 93.7 Å². The van der Waals surface area contributed by atoms with Crippen LogP contribution >= 0.6 is 43.5 Å². The zero-order valence-electron chi connectivity index (χ0n) is 40.8. The van der Waals surface area contributed by atoms with Gasteiger partial charge in [0.2, 0.25) is 39.1 Å². The lowest BCUT2D eigenvalue weighted by atomic mass is 10.2. The van der Waals surface area contributed by atoms with Gasteiger partial charge in [-0.3, -0.25) is 27.1 Å². The molecule has 2 rings (SSSR count). The van der Waals surface area contributed by atoms with Crippen molar-refractivity contribution in [3.05, 3.63) is 71.8 Å². The molecule has 0 aliphatic rings. The molecule has 0 aliphatic carbocycles. The summed E-state index contributed by atoms with van der Waals surface area (Å²) in [6.45, 7) is 19.6. The molecule has 0 unspecified atom stereocenters. The van der Waals surface area contributed by atoms with Gasteiger partial charge in [-0.1, -0.05) is 64.7 Å². The van der Waals surface area contributed by atoms with Crippen molar-refractivity contribution in [2.45, 2.75) is 75.4 Å². The minimum absolute atomic E-state index is 0.00124. The number of aliphatic hydroxyl groups excluding tert-OH is 1. The zero-order valence-corrected chi connectivity index (χ0v) is 48.4. The van der Waals surface area contributed by atoms with Crippen LogP contribution in [0, 0.1) is 0 Å². The summed E-state index contributed by atoms with van der Waals surface area (Å²) in [5.41, 5.74) is 1.55. The molecular formula is C36H72ClN3O21P4S4. The Morgan fingerprint density at radius 1 is 0.594 bits per heavy atom. The Kier molecular flexibility index (Phi) is 51.6. The smallest absolute Gasteiger partial charge is 0.397 e. The third-order valence-corrected chi connectivity index (χ3v) is 15.4. The second-order valence-electron chi connectivity index (χ2n) is 11.7. The standard InChI is InChI=1S/C12H19NO7P2S.C8H11NO2S.C5H13NO7P2S.2C4H10O.C2H6O.CH3ClO2S/c1-3-19-22(15,20-4-2)13(23(16,17)11-18-21-14)10-12-8-6-5-7-9-12;1-12(10,11)9-7-8-5-3-2-4-6-8;1-3-12-15(8,13-4-2)6-16(9,10)5-11-14-7;2*1-3-5-4-2;1-2-3;1-5(2,3)4/h5-9H,3-4,10-11H2,1-2H3;2-6,9H,7H2,1H3;3-5H2,1-2H3,(H,6,8);2*3-4H2,1-2H3;3H,2H2,1H3;1H3. The first-order valence-electron chi connectivity index (χ1n) is 20.5. The van der Waals surface area contributed by atoms with E-state index in [2.05, 4.69) is 24.5 Å². The number of hydrogen-bond acceptors (Lipinski definition) is 21. The zero-order chi connectivity index (χ0) is 54.5. The van der Waals surface area contributed by atoms with Gasteiger partial charge in [0.1, 0.15) is 0 Å². The molecule has 0 saturated heterocycles. The van der Waals surface area contributed by atoms with Crippen LogP contribution in [0.4, 0.5) is 0 Å². The van der Waals surface area contributed by atoms with Crippen molar-refractivity contribution in [2.75, 3.05) is 83.9 Å². The maximum absolute atomic E-state index is 12.9. The van der Waals surface area contributed by atoms with E-state index in [1.807, 2.05) is 58.0 Å². The molecule has 0 spiro atoms. The minimum atomic E-state index is -4.19. The first kappa shape index (κ1) is 76.6. The number of nitrogens with zero attached hydrogens (tertiary/aromatic N) is 1. The Morgan fingerprint density at radius 2 is 0.942 bits per heavy atom. The van der Waals surface area contributed by atoms with Gasteiger partial charge in [0.05, 0.1) is 45.5 Å². The highest BCUT2D eigenvalue weighted by Gasteiger charge is 2.42. The van der Waals surface area contributed by atoms with E-state index in [9.17, 15) is 51.9 Å². The monoisotopic (exact) mass is 1170 g/mol. The summed E-state index contributed by atoms with van der Waals surface area (Å²) in [7, 11) is -19.6. The number of halogens is 1. The summed E-state index contributed by atoms with van der Waals surface area (Å²) in [4.78, 5) is 0. The predicted octanol–water partition coefficient (Wildman–Crippen LogP) is 7.45. The van der Waals surface area contributed by atoms with Crippen molar-refractivity contribution in [3.8, 4) is 0 Å². The summed E-state index contributed by atoms with van der Waals surface area (Å²) in [5, 5.41) is 7.57. The average molecular weight is 1170 g/mol. The van der Waals surface area contributed by atoms with Crippen LogP contribution in [0.3, 0.4) is 0 Å². The fourth-order valence-corrected chi connectivity index (χ4v) is 11.7. The minimum Gasteiger partial charge on any atom is -0.397 e. The van der Waals surface area contributed by atoms with E-state index in [-0.39, 0.29) is 39.6 Å². The molecule has 0 radical (unpaired) electrons. The Bertz CT molecular complexity index is 2070. The number of ether oxygens (including phenoxy) is 2. The fourth-order valence-electron chi connectivity index (χ4n) is 3.65. The number of hydrogen-bond donors (Lipinski definition) is 3. The number of benzene rings is 2. The molecule has 0 heterocycles. The van der Waals surface area contributed by atoms with Crippen molar-refractivity contribution in [2.24, 2.45) is 0 Å². The van der Waals surface area contributed by atoms with Crippen molar-refractivity contribution >= 4 is 82.7 Å². The van der Waals surface area contributed by atoms with E-state index < -0.39 is 83.9 Å². The van der Waals surface area contributed by atoms with Crippen LogP contribution in [0.1, 0.15) is 73.4 Å². The van der Waals surface area contributed by atoms with E-state index in [4.69, 9.17) is 32.7 Å². The van der Waals surface area contributed by atoms with E-state index in [0.717, 1.165) is 44.5 Å². The quantitative estimate of drug-likeness (QED) is 0.0577. The lowest BCUT2D eigenvalue weighted by molar-refractivity contribution is 0.162. The van der Waals surface area contributed by atoms with Gasteiger partial charge in [-0.05, 0) is 73.4 Å². The maximum atomic E-state index is 12.9. The summed E-state index contributed by atoms with van der Waals surface area (Å²) >= 11 is 0. The highest BCUT2D eigenvalue weighted by atomic mass is 35.7. The van der Waals surface area contributed by atoms with E-state index in [0.29, 0.717) is 16.2 Å². The summed E-state index contributed by atoms with van der Waals surface area (Å²) in [5.74, 6) is -1.81. The molecule has 0 saturated carbocycles. The van der Waals surface area contributed by atoms with Crippen LogP contribution in [0.2, 0.25) is 0 Å². The third kappa shape index (κ3) is 52.8. The summed E-state index contributed by atoms with van der Waals surface area (Å²) in [6, 6.07) is 18.0. The lowest BCUT2D eigenvalue weighted by Crippen LogP contribution is -2.32. The summed E-state index contributed by atoms with van der Waals surface area (Å²) in [6.07, 6.45) is 2.07. The van der Waals surface area contributed by atoms with Gasteiger partial charge >= 0.3 is 32.9 Å². The van der Waals surface area contributed by atoms with Crippen LogP contribution in [0.25, 0.3) is 0 Å². The molecule has 2 aromatic rings. The van der Waals surface area contributed by atoms with Crippen molar-refractivity contribution in [3.63, 3.8) is 0 Å². The molecule has 0 bridgehead atoms. The number of rotatable bonds is 27. The topological polar surface area (TPSA) is 326 Å². The maximum Gasteiger partial charge on any atom is 0.422 e. The molecule has 0 aliphatic heterocycles. The Morgan fingerprint density at radius 3 is 1.25 bits per heavy atom. The molecule has 0 aromatic heterocycles. The van der Waals surface area contributed by atoms with Crippen LogP contribution in [0.15, 0.2) is 60.7 Å². The Hall–Kier alpha value is -1.29. The number of nitrogens with one attached hydrogen (secondary N) is 2. The molecule has 0 fully saturated rings. The molecular weight excluding hydrogens is 1100 g/mol. The first-order chi connectivity index (χ1) is 32.1. The molecule has 0 amide bonds. The lowest BCUT2D eigenvalue weighted by Gasteiger charge is -2.28. The van der Waals surface area contributed by atoms with Gasteiger partial charge in [-0.25, -0.2) is 56.7 Å². The molecule has 2 aromatic carbocycles. The molecule has 0 atom stereocenters. The molecule has 408 valence electrons. The van der Waals surface area contributed by atoms with Crippen LogP contribution < -0.4 is 9.21 Å². The van der Waals surface area contributed by atoms with Crippen molar-refractivity contribution in [1.29, 1.82) is 0 Å². The van der Waals surface area contributed by atoms with E-state index >= 15 is 0 Å². The number of sulfonamides is 3.